The Morgan fingerprint density at radius 2 is 1.82 bits per heavy atom. The molecule has 0 fully saturated rings. The molecule has 17 heavy (non-hydrogen) atoms. The number of nitrogens with one attached hydrogen (secondary N) is 1. The lowest BCUT2D eigenvalue weighted by atomic mass is 9.74. The first-order valence-electron chi connectivity index (χ1n) is 6.43. The van der Waals surface area contributed by atoms with Crippen molar-refractivity contribution in [2.45, 2.75) is 34.1 Å². The molecule has 1 nitrogen and oxygen atoms in total. The van der Waals surface area contributed by atoms with Gasteiger partial charge in [-0.15, -0.1) is 0 Å². The molecular weight excluding hydrogens is 274 g/mol. The van der Waals surface area contributed by atoms with Crippen molar-refractivity contribution in [3.8, 4) is 0 Å². The van der Waals surface area contributed by atoms with Crippen LogP contribution in [0.3, 0.4) is 0 Å². The van der Waals surface area contributed by atoms with Crippen molar-refractivity contribution < 1.29 is 0 Å². The smallest absolute Gasteiger partial charge is 0.0175 e. The highest BCUT2D eigenvalue weighted by Crippen LogP contribution is 2.31. The molecule has 96 valence electrons. The first-order chi connectivity index (χ1) is 7.98. The molecule has 0 saturated carbocycles. The Morgan fingerprint density at radius 1 is 1.24 bits per heavy atom. The summed E-state index contributed by atoms with van der Waals surface area (Å²) >= 11 is 3.48. The minimum atomic E-state index is 0.323. The fourth-order valence-electron chi connectivity index (χ4n) is 1.95. The minimum Gasteiger partial charge on any atom is -0.316 e. The standard InChI is InChI=1S/C15H24BrN/c1-5-17-11-15(4,12(2)3)10-13-6-8-14(16)9-7-13/h6-9,12,17H,5,10-11H2,1-4H3. The molecule has 0 amide bonds. The van der Waals surface area contributed by atoms with Gasteiger partial charge in [-0.1, -0.05) is 55.8 Å². The second kappa shape index (κ2) is 6.55. The first-order valence-corrected chi connectivity index (χ1v) is 7.22. The fourth-order valence-corrected chi connectivity index (χ4v) is 2.21. The third kappa shape index (κ3) is 4.44. The van der Waals surface area contributed by atoms with E-state index in [1.165, 1.54) is 5.56 Å². The van der Waals surface area contributed by atoms with E-state index in [2.05, 4.69) is 73.2 Å². The normalized spacial score (nSPS) is 14.9. The molecule has 1 rings (SSSR count). The molecule has 1 unspecified atom stereocenters. The third-order valence-corrected chi connectivity index (χ3v) is 4.22. The summed E-state index contributed by atoms with van der Waals surface area (Å²) in [7, 11) is 0. The highest BCUT2D eigenvalue weighted by atomic mass is 79.9. The third-order valence-electron chi connectivity index (χ3n) is 3.69. The van der Waals surface area contributed by atoms with Crippen LogP contribution in [0, 0.1) is 11.3 Å². The molecule has 1 aromatic carbocycles. The van der Waals surface area contributed by atoms with Gasteiger partial charge in [0.15, 0.2) is 0 Å². The van der Waals surface area contributed by atoms with Gasteiger partial charge in [-0.25, -0.2) is 0 Å². The van der Waals surface area contributed by atoms with Crippen LogP contribution in [0.25, 0.3) is 0 Å². The van der Waals surface area contributed by atoms with Gasteiger partial charge in [0, 0.05) is 11.0 Å². The topological polar surface area (TPSA) is 12.0 Å². The Bertz CT molecular complexity index is 331. The molecule has 0 bridgehead atoms. The van der Waals surface area contributed by atoms with Crippen LogP contribution in [0.15, 0.2) is 28.7 Å². The van der Waals surface area contributed by atoms with Crippen LogP contribution in [-0.2, 0) is 6.42 Å². The van der Waals surface area contributed by atoms with Gasteiger partial charge in [-0.05, 0) is 42.0 Å². The van der Waals surface area contributed by atoms with Crippen molar-refractivity contribution in [3.63, 3.8) is 0 Å². The second-order valence-electron chi connectivity index (χ2n) is 5.39. The van der Waals surface area contributed by atoms with E-state index in [1.807, 2.05) is 0 Å². The molecule has 0 spiro atoms. The summed E-state index contributed by atoms with van der Waals surface area (Å²) in [6, 6.07) is 8.69. The summed E-state index contributed by atoms with van der Waals surface area (Å²) in [6.07, 6.45) is 1.13. The number of hydrogen-bond acceptors (Lipinski definition) is 1. The number of hydrogen-bond donors (Lipinski definition) is 1. The molecular formula is C15H24BrN. The van der Waals surface area contributed by atoms with Crippen LogP contribution in [-0.4, -0.2) is 13.1 Å². The lowest BCUT2D eigenvalue weighted by Crippen LogP contribution is -2.37. The monoisotopic (exact) mass is 297 g/mol. The Kier molecular flexibility index (Phi) is 5.68. The van der Waals surface area contributed by atoms with Crippen LogP contribution in [0.4, 0.5) is 0 Å². The van der Waals surface area contributed by atoms with Gasteiger partial charge in [0.05, 0.1) is 0 Å². The van der Waals surface area contributed by atoms with Crippen molar-refractivity contribution in [2.24, 2.45) is 11.3 Å². The quantitative estimate of drug-likeness (QED) is 0.827. The van der Waals surface area contributed by atoms with Crippen molar-refractivity contribution in [3.05, 3.63) is 34.3 Å². The average Bonchev–Trinajstić information content (AvgIpc) is 2.29. The van der Waals surface area contributed by atoms with E-state index in [9.17, 15) is 0 Å². The van der Waals surface area contributed by atoms with Crippen molar-refractivity contribution in [2.75, 3.05) is 13.1 Å². The molecule has 0 saturated heterocycles. The first kappa shape index (κ1) is 14.7. The van der Waals surface area contributed by atoms with Gasteiger partial charge in [-0.2, -0.15) is 0 Å². The zero-order valence-corrected chi connectivity index (χ0v) is 13.0. The Labute approximate surface area is 114 Å². The van der Waals surface area contributed by atoms with Crippen molar-refractivity contribution >= 4 is 15.9 Å². The summed E-state index contributed by atoms with van der Waals surface area (Å²) in [5.41, 5.74) is 1.74. The number of rotatable bonds is 6. The molecule has 1 N–H and O–H groups in total. The van der Waals surface area contributed by atoms with Crippen molar-refractivity contribution in [1.82, 2.24) is 5.32 Å². The Hall–Kier alpha value is -0.340. The molecule has 0 aromatic heterocycles. The van der Waals surface area contributed by atoms with Gasteiger partial charge in [0.2, 0.25) is 0 Å². The van der Waals surface area contributed by atoms with E-state index < -0.39 is 0 Å². The highest BCUT2D eigenvalue weighted by Gasteiger charge is 2.27. The van der Waals surface area contributed by atoms with Crippen LogP contribution < -0.4 is 5.32 Å². The van der Waals surface area contributed by atoms with E-state index in [4.69, 9.17) is 0 Å². The van der Waals surface area contributed by atoms with E-state index in [-0.39, 0.29) is 0 Å². The van der Waals surface area contributed by atoms with E-state index in [1.54, 1.807) is 0 Å². The Balaban J connectivity index is 2.75. The van der Waals surface area contributed by atoms with Crippen molar-refractivity contribution in [1.29, 1.82) is 0 Å². The summed E-state index contributed by atoms with van der Waals surface area (Å²) in [6.45, 7) is 11.3. The summed E-state index contributed by atoms with van der Waals surface area (Å²) in [5, 5.41) is 3.49. The van der Waals surface area contributed by atoms with Crippen LogP contribution in [0.2, 0.25) is 0 Å². The van der Waals surface area contributed by atoms with E-state index in [0.29, 0.717) is 11.3 Å². The predicted octanol–water partition coefficient (Wildman–Crippen LogP) is 4.26. The summed E-state index contributed by atoms with van der Waals surface area (Å²) in [5.74, 6) is 0.671. The molecule has 0 heterocycles. The maximum atomic E-state index is 3.49. The zero-order chi connectivity index (χ0) is 12.9. The van der Waals surface area contributed by atoms with Gasteiger partial charge in [0.25, 0.3) is 0 Å². The molecule has 0 aliphatic rings. The fraction of sp³-hybridized carbons (Fsp3) is 0.600. The second-order valence-corrected chi connectivity index (χ2v) is 6.31. The molecule has 2 heteroatoms. The van der Waals surface area contributed by atoms with Crippen LogP contribution >= 0.6 is 15.9 Å². The van der Waals surface area contributed by atoms with Gasteiger partial charge in [-0.3, -0.25) is 0 Å². The van der Waals surface area contributed by atoms with E-state index in [0.717, 1.165) is 24.0 Å². The van der Waals surface area contributed by atoms with Gasteiger partial charge >= 0.3 is 0 Å². The predicted molar refractivity (Wildman–Crippen MR) is 79.3 cm³/mol. The molecule has 0 aliphatic carbocycles. The molecule has 1 aromatic rings. The van der Waals surface area contributed by atoms with Gasteiger partial charge in [0.1, 0.15) is 0 Å². The number of benzene rings is 1. The van der Waals surface area contributed by atoms with Gasteiger partial charge < -0.3 is 5.32 Å². The molecule has 0 radical (unpaired) electrons. The summed E-state index contributed by atoms with van der Waals surface area (Å²) < 4.78 is 1.15. The maximum Gasteiger partial charge on any atom is 0.0175 e. The Morgan fingerprint density at radius 3 is 2.29 bits per heavy atom. The molecule has 1 atom stereocenters. The summed E-state index contributed by atoms with van der Waals surface area (Å²) in [4.78, 5) is 0. The lowest BCUT2D eigenvalue weighted by Gasteiger charge is -2.34. The number of halogens is 1. The lowest BCUT2D eigenvalue weighted by molar-refractivity contribution is 0.209. The SMILES string of the molecule is CCNCC(C)(Cc1ccc(Br)cc1)C(C)C. The maximum absolute atomic E-state index is 3.49. The minimum absolute atomic E-state index is 0.323. The molecule has 0 aliphatic heterocycles. The highest BCUT2D eigenvalue weighted by molar-refractivity contribution is 9.10. The van der Waals surface area contributed by atoms with Crippen LogP contribution in [0.1, 0.15) is 33.3 Å². The average molecular weight is 298 g/mol. The van der Waals surface area contributed by atoms with Crippen LogP contribution in [0.5, 0.6) is 0 Å². The largest absolute Gasteiger partial charge is 0.316 e. The van der Waals surface area contributed by atoms with E-state index >= 15 is 0 Å². The zero-order valence-electron chi connectivity index (χ0n) is 11.4.